The summed E-state index contributed by atoms with van der Waals surface area (Å²) in [4.78, 5) is 23.0. The van der Waals surface area contributed by atoms with Crippen molar-refractivity contribution in [3.63, 3.8) is 0 Å². The summed E-state index contributed by atoms with van der Waals surface area (Å²) in [6.07, 6.45) is 42.0. The molecule has 0 saturated heterocycles. The smallest absolute Gasteiger partial charge is 0.306 e. The van der Waals surface area contributed by atoms with Gasteiger partial charge in [-0.3, -0.25) is 9.59 Å². The number of carboxylic acid groups (broad SMARTS) is 1. The van der Waals surface area contributed by atoms with E-state index in [4.69, 9.17) is 9.84 Å². The van der Waals surface area contributed by atoms with Gasteiger partial charge >= 0.3 is 11.9 Å². The van der Waals surface area contributed by atoms with Gasteiger partial charge in [0, 0.05) is 12.8 Å². The van der Waals surface area contributed by atoms with E-state index < -0.39 is 5.97 Å². The van der Waals surface area contributed by atoms with E-state index in [1.165, 1.54) is 70.6 Å². The van der Waals surface area contributed by atoms with Crippen LogP contribution in [0.5, 0.6) is 0 Å². The molecule has 0 radical (unpaired) electrons. The van der Waals surface area contributed by atoms with Crippen molar-refractivity contribution in [1.29, 1.82) is 0 Å². The van der Waals surface area contributed by atoms with E-state index in [1.54, 1.807) is 0 Å². The maximum atomic E-state index is 12.4. The number of ether oxygens (including phenoxy) is 1. The Labute approximate surface area is 254 Å². The van der Waals surface area contributed by atoms with Crippen LogP contribution in [0.2, 0.25) is 0 Å². The van der Waals surface area contributed by atoms with E-state index in [9.17, 15) is 9.59 Å². The minimum absolute atomic E-state index is 0.00746. The van der Waals surface area contributed by atoms with Gasteiger partial charge < -0.3 is 9.84 Å². The SMILES string of the molecule is CC/C=C\C/C=C\C/C=C\CCCCCCCCCC(=O)OC(CCCC)CCCCCCCCCCCC(=O)O. The molecular weight excluding hydrogens is 508 g/mol. The molecule has 0 saturated carbocycles. The highest BCUT2D eigenvalue weighted by Crippen LogP contribution is 2.17. The van der Waals surface area contributed by atoms with Crippen molar-refractivity contribution in [2.75, 3.05) is 0 Å². The highest BCUT2D eigenvalue weighted by atomic mass is 16.5. The molecule has 1 N–H and O–H groups in total. The van der Waals surface area contributed by atoms with Crippen LogP contribution in [0.25, 0.3) is 0 Å². The predicted octanol–water partition coefficient (Wildman–Crippen LogP) is 11.8. The van der Waals surface area contributed by atoms with Gasteiger partial charge in [-0.25, -0.2) is 0 Å². The van der Waals surface area contributed by atoms with Gasteiger partial charge in [0.2, 0.25) is 0 Å². The van der Waals surface area contributed by atoms with Crippen LogP contribution in [0.4, 0.5) is 0 Å². The molecule has 0 fully saturated rings. The zero-order valence-electron chi connectivity index (χ0n) is 27.1. The quantitative estimate of drug-likeness (QED) is 0.0508. The van der Waals surface area contributed by atoms with Gasteiger partial charge in [0.1, 0.15) is 6.10 Å². The summed E-state index contributed by atoms with van der Waals surface area (Å²) >= 11 is 0. The second-order valence-corrected chi connectivity index (χ2v) is 11.7. The average molecular weight is 575 g/mol. The lowest BCUT2D eigenvalue weighted by atomic mass is 10.0. The third-order valence-corrected chi connectivity index (χ3v) is 7.63. The molecule has 1 unspecified atom stereocenters. The van der Waals surface area contributed by atoms with Crippen LogP contribution in [-0.4, -0.2) is 23.1 Å². The summed E-state index contributed by atoms with van der Waals surface area (Å²) < 4.78 is 5.89. The van der Waals surface area contributed by atoms with Crippen molar-refractivity contribution in [3.8, 4) is 0 Å². The second kappa shape index (κ2) is 32.7. The maximum Gasteiger partial charge on any atom is 0.306 e. The molecule has 0 aliphatic heterocycles. The molecule has 41 heavy (non-hydrogen) atoms. The topological polar surface area (TPSA) is 63.6 Å². The number of carbonyl (C=O) groups is 2. The van der Waals surface area contributed by atoms with Gasteiger partial charge in [-0.2, -0.15) is 0 Å². The monoisotopic (exact) mass is 574 g/mol. The van der Waals surface area contributed by atoms with Crippen molar-refractivity contribution in [2.45, 2.75) is 187 Å². The number of carbonyl (C=O) groups excluding carboxylic acids is 1. The van der Waals surface area contributed by atoms with E-state index in [0.29, 0.717) is 12.8 Å². The first-order valence-corrected chi connectivity index (χ1v) is 17.5. The fraction of sp³-hybridized carbons (Fsp3) is 0.784. The largest absolute Gasteiger partial charge is 0.481 e. The van der Waals surface area contributed by atoms with Crippen LogP contribution in [0.3, 0.4) is 0 Å². The molecule has 0 bridgehead atoms. The molecule has 4 nitrogen and oxygen atoms in total. The van der Waals surface area contributed by atoms with Crippen LogP contribution < -0.4 is 0 Å². The molecule has 238 valence electrons. The maximum absolute atomic E-state index is 12.4. The first-order valence-electron chi connectivity index (χ1n) is 17.5. The molecule has 0 aromatic carbocycles. The molecule has 0 amide bonds. The Morgan fingerprint density at radius 1 is 0.561 bits per heavy atom. The van der Waals surface area contributed by atoms with Gasteiger partial charge in [-0.05, 0) is 64.2 Å². The highest BCUT2D eigenvalue weighted by molar-refractivity contribution is 5.69. The summed E-state index contributed by atoms with van der Waals surface area (Å²) in [6.45, 7) is 4.36. The first kappa shape index (κ1) is 39.2. The minimum atomic E-state index is -0.681. The third kappa shape index (κ3) is 32.5. The van der Waals surface area contributed by atoms with E-state index in [1.807, 2.05) is 0 Å². The third-order valence-electron chi connectivity index (χ3n) is 7.63. The van der Waals surface area contributed by atoms with Gasteiger partial charge in [0.05, 0.1) is 0 Å². The molecule has 0 aromatic rings. The standard InChI is InChI=1S/C37H66O4/c1-3-5-7-8-9-10-11-12-13-14-15-16-17-21-24-27-30-34-37(40)41-35(31-6-4-2)32-28-25-22-19-18-20-23-26-29-33-36(38)39/h5,7,9-10,12-13,35H,3-4,6,8,11,14-34H2,1-2H3,(H,38,39)/b7-5-,10-9-,13-12-. The number of rotatable bonds is 31. The molecule has 0 aromatic heterocycles. The first-order chi connectivity index (χ1) is 20.1. The Kier molecular flexibility index (Phi) is 31.2. The van der Waals surface area contributed by atoms with Crippen molar-refractivity contribution >= 4 is 11.9 Å². The van der Waals surface area contributed by atoms with Gasteiger partial charge in [0.25, 0.3) is 0 Å². The van der Waals surface area contributed by atoms with E-state index >= 15 is 0 Å². The fourth-order valence-corrected chi connectivity index (χ4v) is 5.07. The highest BCUT2D eigenvalue weighted by Gasteiger charge is 2.13. The summed E-state index contributed by atoms with van der Waals surface area (Å²) in [5, 5.41) is 8.67. The number of carboxylic acids is 1. The summed E-state index contributed by atoms with van der Waals surface area (Å²) in [5.41, 5.74) is 0. The molecule has 0 aliphatic rings. The van der Waals surface area contributed by atoms with Crippen LogP contribution in [0.15, 0.2) is 36.5 Å². The van der Waals surface area contributed by atoms with E-state index in [2.05, 4.69) is 50.3 Å². The Morgan fingerprint density at radius 3 is 1.59 bits per heavy atom. The summed E-state index contributed by atoms with van der Waals surface area (Å²) in [5.74, 6) is -0.674. The fourth-order valence-electron chi connectivity index (χ4n) is 5.07. The number of esters is 1. The Hall–Kier alpha value is -1.84. The van der Waals surface area contributed by atoms with Crippen LogP contribution in [-0.2, 0) is 14.3 Å². The Morgan fingerprint density at radius 2 is 1.02 bits per heavy atom. The van der Waals surface area contributed by atoms with Crippen molar-refractivity contribution < 1.29 is 19.4 Å². The van der Waals surface area contributed by atoms with Gasteiger partial charge in [-0.15, -0.1) is 0 Å². The molecule has 4 heteroatoms. The number of hydrogen-bond acceptors (Lipinski definition) is 3. The Balaban J connectivity index is 3.69. The lowest BCUT2D eigenvalue weighted by Crippen LogP contribution is -2.18. The van der Waals surface area contributed by atoms with Crippen molar-refractivity contribution in [2.24, 2.45) is 0 Å². The molecule has 0 aliphatic carbocycles. The number of unbranched alkanes of at least 4 members (excludes halogenated alkanes) is 16. The van der Waals surface area contributed by atoms with E-state index in [-0.39, 0.29) is 12.1 Å². The average Bonchev–Trinajstić information content (AvgIpc) is 2.95. The molecular formula is C37H66O4. The molecule has 1 atom stereocenters. The molecule has 0 spiro atoms. The van der Waals surface area contributed by atoms with Crippen LogP contribution in [0, 0.1) is 0 Å². The second-order valence-electron chi connectivity index (χ2n) is 11.7. The predicted molar refractivity (Wildman–Crippen MR) is 176 cm³/mol. The summed E-state index contributed by atoms with van der Waals surface area (Å²) in [6, 6.07) is 0. The van der Waals surface area contributed by atoms with Gasteiger partial charge in [0.15, 0.2) is 0 Å². The van der Waals surface area contributed by atoms with Gasteiger partial charge in [-0.1, -0.05) is 140 Å². The van der Waals surface area contributed by atoms with Crippen molar-refractivity contribution in [3.05, 3.63) is 36.5 Å². The minimum Gasteiger partial charge on any atom is -0.481 e. The lowest BCUT2D eigenvalue weighted by molar-refractivity contribution is -0.150. The number of allylic oxidation sites excluding steroid dienone is 6. The number of hydrogen-bond donors (Lipinski definition) is 1. The zero-order chi connectivity index (χ0) is 30.1. The van der Waals surface area contributed by atoms with Crippen LogP contribution in [0.1, 0.15) is 181 Å². The lowest BCUT2D eigenvalue weighted by Gasteiger charge is -2.18. The van der Waals surface area contributed by atoms with E-state index in [0.717, 1.165) is 83.5 Å². The molecule has 0 heterocycles. The van der Waals surface area contributed by atoms with Crippen LogP contribution >= 0.6 is 0 Å². The normalized spacial score (nSPS) is 12.6. The zero-order valence-corrected chi connectivity index (χ0v) is 27.1. The summed E-state index contributed by atoms with van der Waals surface area (Å²) in [7, 11) is 0. The Bertz CT molecular complexity index is 664. The number of aliphatic carboxylic acids is 1. The van der Waals surface area contributed by atoms with Crippen molar-refractivity contribution in [1.82, 2.24) is 0 Å². The molecule has 0 rings (SSSR count).